The minimum absolute atomic E-state index is 0.0487. The Balaban J connectivity index is 2.35. The van der Waals surface area contributed by atoms with E-state index in [2.05, 4.69) is 10.0 Å². The Labute approximate surface area is 113 Å². The van der Waals surface area contributed by atoms with Gasteiger partial charge in [0.05, 0.1) is 4.99 Å². The van der Waals surface area contributed by atoms with Crippen LogP contribution in [0.5, 0.6) is 0 Å². The molecule has 18 heavy (non-hydrogen) atoms. The molecule has 0 aliphatic heterocycles. The summed E-state index contributed by atoms with van der Waals surface area (Å²) in [5.74, 6) is -0.136. The van der Waals surface area contributed by atoms with Crippen LogP contribution in [0.2, 0.25) is 0 Å². The van der Waals surface area contributed by atoms with E-state index in [9.17, 15) is 13.2 Å². The van der Waals surface area contributed by atoms with E-state index in [1.807, 2.05) is 0 Å². The fraction of sp³-hybridized carbons (Fsp3) is 0.800. The number of carbonyl (C=O) groups excluding carboxylic acids is 1. The zero-order chi connectivity index (χ0) is 13.8. The average Bonchev–Trinajstić information content (AvgIpc) is 3.00. The standard InChI is InChI=1S/C10H19N3O3S2/c1-2-8(10(11)17)18(15,16)12-6-5-9(14)13-7-3-4-7/h7-8,12H,2-6H2,1H3,(H2,11,17)(H,13,14). The van der Waals surface area contributed by atoms with Gasteiger partial charge in [0.1, 0.15) is 5.25 Å². The first-order valence-electron chi connectivity index (χ1n) is 5.94. The number of carbonyl (C=O) groups is 1. The predicted octanol–water partition coefficient (Wildman–Crippen LogP) is -0.361. The normalized spacial score (nSPS) is 17.2. The molecule has 0 saturated heterocycles. The summed E-state index contributed by atoms with van der Waals surface area (Å²) in [6.45, 7) is 1.77. The number of hydrogen-bond acceptors (Lipinski definition) is 4. The summed E-state index contributed by atoms with van der Waals surface area (Å²) in [5.41, 5.74) is 5.37. The summed E-state index contributed by atoms with van der Waals surface area (Å²) >= 11 is 4.71. The lowest BCUT2D eigenvalue weighted by Crippen LogP contribution is -2.42. The van der Waals surface area contributed by atoms with Gasteiger partial charge in [-0.15, -0.1) is 0 Å². The number of rotatable bonds is 8. The van der Waals surface area contributed by atoms with E-state index >= 15 is 0 Å². The molecule has 0 heterocycles. The van der Waals surface area contributed by atoms with Crippen molar-refractivity contribution in [1.82, 2.24) is 10.0 Å². The molecule has 0 aromatic heterocycles. The molecule has 104 valence electrons. The smallest absolute Gasteiger partial charge is 0.221 e. The third kappa shape index (κ3) is 4.87. The van der Waals surface area contributed by atoms with Crippen molar-refractivity contribution in [2.24, 2.45) is 5.73 Å². The molecule has 1 amide bonds. The predicted molar refractivity (Wildman–Crippen MR) is 73.6 cm³/mol. The van der Waals surface area contributed by atoms with Crippen LogP contribution in [-0.2, 0) is 14.8 Å². The van der Waals surface area contributed by atoms with E-state index in [0.717, 1.165) is 12.8 Å². The van der Waals surface area contributed by atoms with E-state index < -0.39 is 15.3 Å². The van der Waals surface area contributed by atoms with Gasteiger partial charge < -0.3 is 11.1 Å². The van der Waals surface area contributed by atoms with Gasteiger partial charge in [0, 0.05) is 19.0 Å². The first kappa shape index (κ1) is 15.3. The zero-order valence-corrected chi connectivity index (χ0v) is 11.9. The number of thiocarbonyl (C=S) groups is 1. The summed E-state index contributed by atoms with van der Waals surface area (Å²) in [6.07, 6.45) is 2.47. The molecule has 0 aromatic carbocycles. The quantitative estimate of drug-likeness (QED) is 0.531. The van der Waals surface area contributed by atoms with Gasteiger partial charge in [-0.1, -0.05) is 19.1 Å². The van der Waals surface area contributed by atoms with Crippen molar-refractivity contribution < 1.29 is 13.2 Å². The molecule has 1 aliphatic rings. The third-order valence-electron chi connectivity index (χ3n) is 2.66. The van der Waals surface area contributed by atoms with Crippen LogP contribution in [0, 0.1) is 0 Å². The first-order valence-corrected chi connectivity index (χ1v) is 7.89. The van der Waals surface area contributed by atoms with Gasteiger partial charge in [-0.3, -0.25) is 4.79 Å². The maximum atomic E-state index is 11.8. The molecule has 1 atom stereocenters. The monoisotopic (exact) mass is 293 g/mol. The molecule has 0 bridgehead atoms. The van der Waals surface area contributed by atoms with Crippen molar-refractivity contribution in [1.29, 1.82) is 0 Å². The minimum Gasteiger partial charge on any atom is -0.392 e. The fourth-order valence-electron chi connectivity index (χ4n) is 1.51. The lowest BCUT2D eigenvalue weighted by molar-refractivity contribution is -0.121. The Morgan fingerprint density at radius 3 is 2.56 bits per heavy atom. The van der Waals surface area contributed by atoms with Crippen LogP contribution in [0.4, 0.5) is 0 Å². The minimum atomic E-state index is -3.58. The van der Waals surface area contributed by atoms with Crippen LogP contribution >= 0.6 is 12.2 Å². The highest BCUT2D eigenvalue weighted by Crippen LogP contribution is 2.18. The second-order valence-corrected chi connectivity index (χ2v) is 6.75. The molecule has 0 aromatic rings. The molecule has 1 aliphatic carbocycles. The van der Waals surface area contributed by atoms with E-state index in [-0.39, 0.29) is 29.9 Å². The maximum Gasteiger partial charge on any atom is 0.221 e. The Morgan fingerprint density at radius 1 is 1.50 bits per heavy atom. The van der Waals surface area contributed by atoms with Crippen LogP contribution in [0.25, 0.3) is 0 Å². The van der Waals surface area contributed by atoms with Gasteiger partial charge in [-0.2, -0.15) is 0 Å². The number of hydrogen-bond donors (Lipinski definition) is 3. The number of amides is 1. The van der Waals surface area contributed by atoms with Gasteiger partial charge >= 0.3 is 0 Å². The van der Waals surface area contributed by atoms with Gasteiger partial charge in [0.25, 0.3) is 0 Å². The second-order valence-electron chi connectivity index (χ2n) is 4.33. The van der Waals surface area contributed by atoms with Crippen molar-refractivity contribution in [3.05, 3.63) is 0 Å². The van der Waals surface area contributed by atoms with Gasteiger partial charge in [0.15, 0.2) is 0 Å². The lowest BCUT2D eigenvalue weighted by atomic mass is 10.3. The fourth-order valence-corrected chi connectivity index (χ4v) is 3.39. The van der Waals surface area contributed by atoms with Crippen molar-refractivity contribution in [2.45, 2.75) is 43.9 Å². The second kappa shape index (κ2) is 6.44. The van der Waals surface area contributed by atoms with Crippen LogP contribution < -0.4 is 15.8 Å². The molecule has 8 heteroatoms. The third-order valence-corrected chi connectivity index (χ3v) is 5.04. The largest absolute Gasteiger partial charge is 0.392 e. The highest BCUT2D eigenvalue weighted by Gasteiger charge is 2.26. The number of nitrogens with one attached hydrogen (secondary N) is 2. The topological polar surface area (TPSA) is 101 Å². The summed E-state index contributed by atoms with van der Waals surface area (Å²) in [7, 11) is -3.58. The van der Waals surface area contributed by atoms with Crippen LogP contribution in [0.1, 0.15) is 32.6 Å². The van der Waals surface area contributed by atoms with Crippen LogP contribution in [0.3, 0.4) is 0 Å². The zero-order valence-electron chi connectivity index (χ0n) is 10.3. The summed E-state index contributed by atoms with van der Waals surface area (Å²) < 4.78 is 26.0. The molecule has 1 rings (SSSR count). The molecular weight excluding hydrogens is 274 g/mol. The van der Waals surface area contributed by atoms with Crippen molar-refractivity contribution in [3.8, 4) is 0 Å². The van der Waals surface area contributed by atoms with E-state index in [4.69, 9.17) is 18.0 Å². The van der Waals surface area contributed by atoms with E-state index in [1.54, 1.807) is 6.92 Å². The summed E-state index contributed by atoms with van der Waals surface area (Å²) in [5, 5.41) is 1.91. The Kier molecular flexibility index (Phi) is 5.48. The Hall–Kier alpha value is -0.730. The average molecular weight is 293 g/mol. The molecule has 0 radical (unpaired) electrons. The van der Waals surface area contributed by atoms with Crippen molar-refractivity contribution >= 4 is 33.1 Å². The van der Waals surface area contributed by atoms with Gasteiger partial charge in [0.2, 0.25) is 15.9 Å². The van der Waals surface area contributed by atoms with E-state index in [1.165, 1.54) is 0 Å². The Morgan fingerprint density at radius 2 is 2.11 bits per heavy atom. The van der Waals surface area contributed by atoms with Crippen molar-refractivity contribution in [2.75, 3.05) is 6.54 Å². The molecule has 1 fully saturated rings. The highest BCUT2D eigenvalue weighted by atomic mass is 32.2. The van der Waals surface area contributed by atoms with Gasteiger partial charge in [-0.25, -0.2) is 13.1 Å². The lowest BCUT2D eigenvalue weighted by Gasteiger charge is -2.15. The highest BCUT2D eigenvalue weighted by molar-refractivity contribution is 7.93. The molecule has 4 N–H and O–H groups in total. The summed E-state index contributed by atoms with van der Waals surface area (Å²) in [6, 6.07) is 0.286. The number of nitrogens with two attached hydrogens (primary N) is 1. The maximum absolute atomic E-state index is 11.8. The van der Waals surface area contributed by atoms with Crippen LogP contribution in [-0.4, -0.2) is 37.2 Å². The number of sulfonamides is 1. The van der Waals surface area contributed by atoms with Crippen molar-refractivity contribution in [3.63, 3.8) is 0 Å². The Bertz CT molecular complexity index is 418. The van der Waals surface area contributed by atoms with Crippen LogP contribution in [0.15, 0.2) is 0 Å². The molecular formula is C10H19N3O3S2. The molecule has 6 nitrogen and oxygen atoms in total. The summed E-state index contributed by atoms with van der Waals surface area (Å²) in [4.78, 5) is 11.3. The molecule has 0 spiro atoms. The van der Waals surface area contributed by atoms with Gasteiger partial charge in [-0.05, 0) is 19.3 Å². The van der Waals surface area contributed by atoms with E-state index in [0.29, 0.717) is 6.42 Å². The molecule has 1 unspecified atom stereocenters. The first-order chi connectivity index (χ1) is 8.36. The molecule has 1 saturated carbocycles. The SMILES string of the molecule is CCC(C(N)=S)S(=O)(=O)NCCC(=O)NC1CC1.